The summed E-state index contributed by atoms with van der Waals surface area (Å²) >= 11 is 7.73. The molecule has 0 unspecified atom stereocenters. The molecule has 0 fully saturated rings. The van der Waals surface area contributed by atoms with Crippen LogP contribution in [0, 0.1) is 0 Å². The van der Waals surface area contributed by atoms with E-state index in [1.807, 2.05) is 6.26 Å². The maximum Gasteiger partial charge on any atom is 0.348 e. The van der Waals surface area contributed by atoms with Crippen LogP contribution < -0.4 is 5.73 Å². The number of rotatable bonds is 3. The molecule has 1 aromatic rings. The van der Waals surface area contributed by atoms with Gasteiger partial charge >= 0.3 is 5.97 Å². The van der Waals surface area contributed by atoms with Crippen LogP contribution >= 0.6 is 35.3 Å². The molecular formula is C8H9NO2S3. The zero-order chi connectivity index (χ0) is 10.7. The van der Waals surface area contributed by atoms with E-state index >= 15 is 0 Å². The molecule has 0 atom stereocenters. The van der Waals surface area contributed by atoms with Crippen molar-refractivity contribution < 1.29 is 9.53 Å². The van der Waals surface area contributed by atoms with Crippen LogP contribution in [0.1, 0.15) is 15.2 Å². The summed E-state index contributed by atoms with van der Waals surface area (Å²) in [6, 6.07) is 1.67. The Bertz CT molecular complexity index is 373. The monoisotopic (exact) mass is 247 g/mol. The number of hydrogen-bond donors (Lipinski definition) is 1. The maximum atomic E-state index is 11.2. The summed E-state index contributed by atoms with van der Waals surface area (Å²) in [4.78, 5) is 12.0. The Hall–Kier alpha value is -0.590. The predicted molar refractivity (Wildman–Crippen MR) is 63.3 cm³/mol. The zero-order valence-corrected chi connectivity index (χ0v) is 10.1. The summed E-state index contributed by atoms with van der Waals surface area (Å²) in [6.45, 7) is 0. The number of nitrogens with two attached hydrogens (primary N) is 1. The Morgan fingerprint density at radius 1 is 1.71 bits per heavy atom. The molecule has 76 valence electrons. The third kappa shape index (κ3) is 2.26. The number of methoxy groups -OCH3 is 1. The third-order valence-corrected chi connectivity index (χ3v) is 4.01. The molecule has 0 aliphatic carbocycles. The topological polar surface area (TPSA) is 52.3 Å². The van der Waals surface area contributed by atoms with Gasteiger partial charge in [-0.3, -0.25) is 0 Å². The fraction of sp³-hybridized carbons (Fsp3) is 0.250. The number of ether oxygens (including phenoxy) is 1. The zero-order valence-electron chi connectivity index (χ0n) is 7.70. The molecule has 1 aromatic heterocycles. The molecule has 0 aliphatic heterocycles. The molecule has 14 heavy (non-hydrogen) atoms. The lowest BCUT2D eigenvalue weighted by Gasteiger charge is -1.94. The molecule has 1 heterocycles. The summed E-state index contributed by atoms with van der Waals surface area (Å²) in [5.41, 5.74) is 6.27. The van der Waals surface area contributed by atoms with Gasteiger partial charge in [0, 0.05) is 5.56 Å². The lowest BCUT2D eigenvalue weighted by atomic mass is 10.3. The molecule has 0 aromatic carbocycles. The largest absolute Gasteiger partial charge is 0.465 e. The Morgan fingerprint density at radius 3 is 2.71 bits per heavy atom. The SMILES string of the molecule is COC(=O)c1cc(C(N)=S)c(SC)s1. The van der Waals surface area contributed by atoms with Gasteiger partial charge in [0.25, 0.3) is 0 Å². The third-order valence-electron chi connectivity index (χ3n) is 1.54. The van der Waals surface area contributed by atoms with Crippen LogP contribution in [0.5, 0.6) is 0 Å². The van der Waals surface area contributed by atoms with E-state index in [-0.39, 0.29) is 5.97 Å². The van der Waals surface area contributed by atoms with Crippen LogP contribution in [0.25, 0.3) is 0 Å². The van der Waals surface area contributed by atoms with Gasteiger partial charge in [-0.2, -0.15) is 0 Å². The molecule has 0 spiro atoms. The first kappa shape index (κ1) is 11.5. The maximum absolute atomic E-state index is 11.2. The number of thiophene rings is 1. The second kappa shape index (κ2) is 4.77. The number of esters is 1. The molecule has 0 bridgehead atoms. The van der Waals surface area contributed by atoms with Gasteiger partial charge in [0.1, 0.15) is 9.87 Å². The first-order valence-electron chi connectivity index (χ1n) is 3.66. The van der Waals surface area contributed by atoms with Crippen molar-refractivity contribution in [3.8, 4) is 0 Å². The molecule has 6 heteroatoms. The van der Waals surface area contributed by atoms with E-state index in [9.17, 15) is 4.79 Å². The van der Waals surface area contributed by atoms with Crippen LogP contribution in [-0.2, 0) is 4.74 Å². The molecule has 3 nitrogen and oxygen atoms in total. The second-order valence-electron chi connectivity index (χ2n) is 2.37. The smallest absolute Gasteiger partial charge is 0.348 e. The van der Waals surface area contributed by atoms with Gasteiger partial charge in [0.15, 0.2) is 0 Å². The highest BCUT2D eigenvalue weighted by Gasteiger charge is 2.15. The normalized spacial score (nSPS) is 9.86. The van der Waals surface area contributed by atoms with Crippen molar-refractivity contribution in [1.82, 2.24) is 0 Å². The molecule has 0 amide bonds. The Morgan fingerprint density at radius 2 is 2.36 bits per heavy atom. The first-order chi connectivity index (χ1) is 6.60. The predicted octanol–water partition coefficient (Wildman–Crippen LogP) is 1.89. The Balaban J connectivity index is 3.13. The van der Waals surface area contributed by atoms with Gasteiger partial charge in [-0.15, -0.1) is 23.1 Å². The highest BCUT2D eigenvalue weighted by molar-refractivity contribution is 8.00. The fourth-order valence-corrected chi connectivity index (χ4v) is 3.00. The number of thioether (sulfide) groups is 1. The van der Waals surface area contributed by atoms with Crippen molar-refractivity contribution in [1.29, 1.82) is 0 Å². The van der Waals surface area contributed by atoms with Crippen molar-refractivity contribution in [2.24, 2.45) is 5.73 Å². The second-order valence-corrected chi connectivity index (χ2v) is 4.94. The highest BCUT2D eigenvalue weighted by atomic mass is 32.2. The van der Waals surface area contributed by atoms with E-state index < -0.39 is 0 Å². The van der Waals surface area contributed by atoms with E-state index in [0.717, 1.165) is 9.77 Å². The summed E-state index contributed by atoms with van der Waals surface area (Å²) in [5.74, 6) is -0.354. The van der Waals surface area contributed by atoms with Gasteiger partial charge < -0.3 is 10.5 Å². The van der Waals surface area contributed by atoms with E-state index in [1.54, 1.807) is 6.07 Å². The highest BCUT2D eigenvalue weighted by Crippen LogP contribution is 2.30. The van der Waals surface area contributed by atoms with Gasteiger partial charge in [-0.1, -0.05) is 12.2 Å². The van der Waals surface area contributed by atoms with E-state index in [0.29, 0.717) is 9.87 Å². The molecule has 1 rings (SSSR count). The lowest BCUT2D eigenvalue weighted by Crippen LogP contribution is -2.09. The first-order valence-corrected chi connectivity index (χ1v) is 6.11. The number of thiocarbonyl (C=S) groups is 1. The summed E-state index contributed by atoms with van der Waals surface area (Å²) in [5, 5.41) is 0. The Labute approximate surface area is 95.6 Å². The standard InChI is InChI=1S/C8H9NO2S3/c1-11-7(10)5-3-4(6(9)12)8(13-2)14-5/h3H,1-2H3,(H2,9,12). The van der Waals surface area contributed by atoms with Crippen LogP contribution in [0.15, 0.2) is 10.3 Å². The van der Waals surface area contributed by atoms with Crippen LogP contribution in [0.2, 0.25) is 0 Å². The van der Waals surface area contributed by atoms with Crippen LogP contribution in [0.4, 0.5) is 0 Å². The minimum atomic E-state index is -0.354. The molecule has 2 N–H and O–H groups in total. The average Bonchev–Trinajstić information content (AvgIpc) is 2.60. The van der Waals surface area contributed by atoms with Crippen molar-refractivity contribution in [2.75, 3.05) is 13.4 Å². The minimum absolute atomic E-state index is 0.306. The minimum Gasteiger partial charge on any atom is -0.465 e. The average molecular weight is 247 g/mol. The molecule has 0 radical (unpaired) electrons. The van der Waals surface area contributed by atoms with Crippen molar-refractivity contribution >= 4 is 46.3 Å². The fourth-order valence-electron chi connectivity index (χ4n) is 0.899. The summed E-state index contributed by atoms with van der Waals surface area (Å²) < 4.78 is 5.55. The number of carbonyl (C=O) groups is 1. The van der Waals surface area contributed by atoms with Crippen LogP contribution in [0.3, 0.4) is 0 Å². The molecular weight excluding hydrogens is 238 g/mol. The molecule has 0 aliphatic rings. The van der Waals surface area contributed by atoms with E-state index in [2.05, 4.69) is 4.74 Å². The van der Waals surface area contributed by atoms with Gasteiger partial charge in [0.2, 0.25) is 0 Å². The molecule has 0 saturated heterocycles. The van der Waals surface area contributed by atoms with Crippen molar-refractivity contribution in [3.63, 3.8) is 0 Å². The quantitative estimate of drug-likeness (QED) is 0.502. The summed E-state index contributed by atoms with van der Waals surface area (Å²) in [7, 11) is 1.35. The van der Waals surface area contributed by atoms with Crippen LogP contribution in [-0.4, -0.2) is 24.3 Å². The Kier molecular flexibility index (Phi) is 3.91. The number of carbonyl (C=O) groups excluding carboxylic acids is 1. The summed E-state index contributed by atoms with van der Waals surface area (Å²) in [6.07, 6.45) is 1.91. The van der Waals surface area contributed by atoms with Gasteiger partial charge in [-0.25, -0.2) is 4.79 Å². The number of hydrogen-bond acceptors (Lipinski definition) is 5. The van der Waals surface area contributed by atoms with Crippen molar-refractivity contribution in [3.05, 3.63) is 16.5 Å². The van der Waals surface area contributed by atoms with Crippen molar-refractivity contribution in [2.45, 2.75) is 4.21 Å². The van der Waals surface area contributed by atoms with Gasteiger partial charge in [0.05, 0.1) is 11.3 Å². The molecule has 0 saturated carbocycles. The van der Waals surface area contributed by atoms with E-state index in [1.165, 1.54) is 30.2 Å². The van der Waals surface area contributed by atoms with E-state index in [4.69, 9.17) is 18.0 Å². The van der Waals surface area contributed by atoms with Gasteiger partial charge in [-0.05, 0) is 12.3 Å². The lowest BCUT2D eigenvalue weighted by molar-refractivity contribution is 0.0606.